The number of aromatic hydroxyl groups is 1. The summed E-state index contributed by atoms with van der Waals surface area (Å²) in [4.78, 5) is 15.9. The Bertz CT molecular complexity index is 577. The highest BCUT2D eigenvalue weighted by Gasteiger charge is 2.12. The van der Waals surface area contributed by atoms with E-state index < -0.39 is 0 Å². The van der Waals surface area contributed by atoms with Gasteiger partial charge in [0.1, 0.15) is 12.1 Å². The zero-order valence-electron chi connectivity index (χ0n) is 10.2. The van der Waals surface area contributed by atoms with Crippen LogP contribution in [0.4, 0.5) is 0 Å². The van der Waals surface area contributed by atoms with Gasteiger partial charge in [-0.2, -0.15) is 5.10 Å². The molecule has 18 heavy (non-hydrogen) atoms. The van der Waals surface area contributed by atoms with Crippen LogP contribution in [0.1, 0.15) is 21.7 Å². The number of phenols is 1. The van der Waals surface area contributed by atoms with Crippen LogP contribution in [0, 0.1) is 6.92 Å². The molecule has 0 saturated carbocycles. The molecule has 6 heteroatoms. The van der Waals surface area contributed by atoms with E-state index in [1.165, 1.54) is 0 Å². The number of aromatic nitrogens is 3. The lowest BCUT2D eigenvalue weighted by Crippen LogP contribution is -2.23. The highest BCUT2D eigenvalue weighted by Crippen LogP contribution is 2.20. The maximum absolute atomic E-state index is 11.9. The molecule has 0 aliphatic heterocycles. The van der Waals surface area contributed by atoms with Gasteiger partial charge in [0, 0.05) is 7.05 Å². The van der Waals surface area contributed by atoms with E-state index in [1.54, 1.807) is 43.2 Å². The van der Waals surface area contributed by atoms with Crippen LogP contribution in [-0.4, -0.2) is 25.8 Å². The molecule has 1 aromatic carbocycles. The predicted molar refractivity (Wildman–Crippen MR) is 65.0 cm³/mol. The first-order valence-corrected chi connectivity index (χ1v) is 5.49. The van der Waals surface area contributed by atoms with Gasteiger partial charge in [0.2, 0.25) is 0 Å². The lowest BCUT2D eigenvalue weighted by molar-refractivity contribution is 0.0947. The molecule has 0 unspecified atom stereocenters. The Morgan fingerprint density at radius 1 is 1.50 bits per heavy atom. The third-order valence-corrected chi connectivity index (χ3v) is 2.54. The highest BCUT2D eigenvalue weighted by molar-refractivity contribution is 5.97. The Morgan fingerprint density at radius 2 is 2.28 bits per heavy atom. The van der Waals surface area contributed by atoms with E-state index in [4.69, 9.17) is 0 Å². The number of aryl methyl sites for hydroxylation is 2. The maximum Gasteiger partial charge on any atom is 0.255 e. The van der Waals surface area contributed by atoms with Crippen molar-refractivity contribution in [1.82, 2.24) is 20.1 Å². The first-order valence-electron chi connectivity index (χ1n) is 5.49. The summed E-state index contributed by atoms with van der Waals surface area (Å²) < 4.78 is 1.56. The smallest absolute Gasteiger partial charge is 0.255 e. The molecule has 6 nitrogen and oxygen atoms in total. The monoisotopic (exact) mass is 246 g/mol. The molecule has 0 aliphatic carbocycles. The van der Waals surface area contributed by atoms with Gasteiger partial charge in [-0.3, -0.25) is 9.48 Å². The molecule has 2 N–H and O–H groups in total. The fourth-order valence-electron chi connectivity index (χ4n) is 1.56. The fraction of sp³-hybridized carbons (Fsp3) is 0.250. The summed E-state index contributed by atoms with van der Waals surface area (Å²) in [7, 11) is 1.75. The number of para-hydroxylation sites is 1. The third kappa shape index (κ3) is 2.48. The van der Waals surface area contributed by atoms with Crippen molar-refractivity contribution >= 4 is 5.91 Å². The van der Waals surface area contributed by atoms with Crippen molar-refractivity contribution in [3.05, 3.63) is 41.5 Å². The van der Waals surface area contributed by atoms with Gasteiger partial charge >= 0.3 is 0 Å². The molecule has 1 heterocycles. The van der Waals surface area contributed by atoms with Gasteiger partial charge in [-0.05, 0) is 18.6 Å². The van der Waals surface area contributed by atoms with Gasteiger partial charge in [-0.1, -0.05) is 12.1 Å². The van der Waals surface area contributed by atoms with E-state index in [2.05, 4.69) is 15.4 Å². The number of hydrogen-bond donors (Lipinski definition) is 2. The third-order valence-electron chi connectivity index (χ3n) is 2.54. The molecule has 0 spiro atoms. The molecule has 0 aliphatic rings. The van der Waals surface area contributed by atoms with Crippen LogP contribution in [0.2, 0.25) is 0 Å². The van der Waals surface area contributed by atoms with E-state index in [0.717, 1.165) is 0 Å². The molecule has 0 radical (unpaired) electrons. The molecule has 0 bridgehead atoms. The van der Waals surface area contributed by atoms with Crippen molar-refractivity contribution in [2.75, 3.05) is 0 Å². The molecule has 94 valence electrons. The Morgan fingerprint density at radius 3 is 2.94 bits per heavy atom. The van der Waals surface area contributed by atoms with Gasteiger partial charge in [0.15, 0.2) is 5.82 Å². The van der Waals surface area contributed by atoms with Crippen LogP contribution in [0.5, 0.6) is 5.75 Å². The topological polar surface area (TPSA) is 80.0 Å². The molecule has 1 aromatic heterocycles. The van der Waals surface area contributed by atoms with E-state index in [0.29, 0.717) is 11.4 Å². The molecule has 0 fully saturated rings. The summed E-state index contributed by atoms with van der Waals surface area (Å²) in [6.45, 7) is 1.97. The average molecular weight is 246 g/mol. The number of rotatable bonds is 3. The number of nitrogens with one attached hydrogen (secondary N) is 1. The Kier molecular flexibility index (Phi) is 3.27. The van der Waals surface area contributed by atoms with Gasteiger partial charge in [-0.15, -0.1) is 0 Å². The minimum atomic E-state index is -0.344. The van der Waals surface area contributed by atoms with Crippen molar-refractivity contribution in [3.8, 4) is 5.75 Å². The Hall–Kier alpha value is -2.37. The summed E-state index contributed by atoms with van der Waals surface area (Å²) in [6, 6.07) is 5.04. The van der Waals surface area contributed by atoms with Gasteiger partial charge in [-0.25, -0.2) is 4.98 Å². The largest absolute Gasteiger partial charge is 0.507 e. The minimum absolute atomic E-state index is 0.00369. The van der Waals surface area contributed by atoms with E-state index in [-0.39, 0.29) is 23.8 Å². The van der Waals surface area contributed by atoms with Crippen molar-refractivity contribution in [3.63, 3.8) is 0 Å². The van der Waals surface area contributed by atoms with Crippen molar-refractivity contribution in [2.24, 2.45) is 7.05 Å². The van der Waals surface area contributed by atoms with E-state index in [1.807, 2.05) is 0 Å². The number of hydrogen-bond acceptors (Lipinski definition) is 4. The summed E-state index contributed by atoms with van der Waals surface area (Å²) in [5.41, 5.74) is 0.921. The number of carbonyl (C=O) groups excluding carboxylic acids is 1. The summed E-state index contributed by atoms with van der Waals surface area (Å²) in [5, 5.41) is 16.5. The van der Waals surface area contributed by atoms with Crippen LogP contribution >= 0.6 is 0 Å². The van der Waals surface area contributed by atoms with Crippen LogP contribution in [0.25, 0.3) is 0 Å². The minimum Gasteiger partial charge on any atom is -0.507 e. The molecular formula is C12H14N4O2. The molecule has 0 atom stereocenters. The quantitative estimate of drug-likeness (QED) is 0.837. The van der Waals surface area contributed by atoms with Crippen molar-refractivity contribution in [2.45, 2.75) is 13.5 Å². The number of phenolic OH excluding ortho intramolecular Hbond substituents is 1. The fourth-order valence-corrected chi connectivity index (χ4v) is 1.56. The van der Waals surface area contributed by atoms with Crippen LogP contribution in [0.3, 0.4) is 0 Å². The predicted octanol–water partition coefficient (Wildman–Crippen LogP) is 0.759. The summed E-state index contributed by atoms with van der Waals surface area (Å²) in [6.07, 6.45) is 1.56. The second-order valence-corrected chi connectivity index (χ2v) is 3.99. The van der Waals surface area contributed by atoms with Crippen LogP contribution in [0.15, 0.2) is 24.5 Å². The van der Waals surface area contributed by atoms with E-state index >= 15 is 0 Å². The number of carbonyl (C=O) groups is 1. The van der Waals surface area contributed by atoms with E-state index in [9.17, 15) is 9.90 Å². The van der Waals surface area contributed by atoms with Gasteiger partial charge < -0.3 is 10.4 Å². The maximum atomic E-state index is 11.9. The normalized spacial score (nSPS) is 10.3. The number of nitrogens with zero attached hydrogens (tertiary/aromatic N) is 3. The molecule has 2 rings (SSSR count). The highest BCUT2D eigenvalue weighted by atomic mass is 16.3. The molecule has 1 amide bonds. The molecule has 0 saturated heterocycles. The molecule has 2 aromatic rings. The standard InChI is InChI=1S/C12H14N4O2/c1-8-4-3-5-9(11(8)17)12(18)13-6-10-14-7-16(2)15-10/h3-5,7,17H,6H2,1-2H3,(H,13,18). The number of amides is 1. The number of benzene rings is 1. The second-order valence-electron chi connectivity index (χ2n) is 3.99. The van der Waals surface area contributed by atoms with Crippen molar-refractivity contribution < 1.29 is 9.90 Å². The Labute approximate surface area is 104 Å². The molecular weight excluding hydrogens is 232 g/mol. The first-order chi connectivity index (χ1) is 8.58. The zero-order valence-corrected chi connectivity index (χ0v) is 10.2. The lowest BCUT2D eigenvalue weighted by atomic mass is 10.1. The average Bonchev–Trinajstić information content (AvgIpc) is 2.76. The Balaban J connectivity index is 2.06. The summed E-state index contributed by atoms with van der Waals surface area (Å²) in [5.74, 6) is 0.186. The van der Waals surface area contributed by atoms with Crippen LogP contribution < -0.4 is 5.32 Å². The summed E-state index contributed by atoms with van der Waals surface area (Å²) >= 11 is 0. The zero-order chi connectivity index (χ0) is 13.1. The lowest BCUT2D eigenvalue weighted by Gasteiger charge is -2.06. The second kappa shape index (κ2) is 4.87. The van der Waals surface area contributed by atoms with Crippen LogP contribution in [-0.2, 0) is 13.6 Å². The SMILES string of the molecule is Cc1cccc(C(=O)NCc2ncn(C)n2)c1O. The first kappa shape index (κ1) is 12.1. The van der Waals surface area contributed by atoms with Crippen molar-refractivity contribution in [1.29, 1.82) is 0 Å². The van der Waals surface area contributed by atoms with Gasteiger partial charge in [0.25, 0.3) is 5.91 Å². The van der Waals surface area contributed by atoms with Gasteiger partial charge in [0.05, 0.1) is 12.1 Å².